The summed E-state index contributed by atoms with van der Waals surface area (Å²) in [6, 6.07) is 0. The van der Waals surface area contributed by atoms with Gasteiger partial charge in [-0.05, 0) is 49.9 Å². The van der Waals surface area contributed by atoms with Gasteiger partial charge in [0, 0.05) is 0 Å². The molecule has 1 atom stereocenters. The quantitative estimate of drug-likeness (QED) is 0.412. The Balaban J connectivity index is 2.02. The molecular weight excluding hydrogens is 204 g/mol. The van der Waals surface area contributed by atoms with Crippen molar-refractivity contribution in [1.29, 1.82) is 0 Å². The van der Waals surface area contributed by atoms with Crippen molar-refractivity contribution in [3.63, 3.8) is 0 Å². The molecule has 2 aliphatic rings. The molecule has 98 valence electrons. The van der Waals surface area contributed by atoms with E-state index in [4.69, 9.17) is 0 Å². The first-order valence-electron chi connectivity index (χ1n) is 7.96. The van der Waals surface area contributed by atoms with Gasteiger partial charge in [-0.2, -0.15) is 0 Å². The Labute approximate surface area is 108 Å². The van der Waals surface area contributed by atoms with Crippen molar-refractivity contribution in [2.45, 2.75) is 84.5 Å². The molecule has 0 nitrogen and oxygen atoms in total. The van der Waals surface area contributed by atoms with E-state index in [1.165, 1.54) is 70.6 Å². The zero-order chi connectivity index (χ0) is 12.1. The van der Waals surface area contributed by atoms with E-state index >= 15 is 0 Å². The summed E-state index contributed by atoms with van der Waals surface area (Å²) in [5.74, 6) is 0.943. The zero-order valence-corrected chi connectivity index (χ0v) is 11.9. The summed E-state index contributed by atoms with van der Waals surface area (Å²) in [4.78, 5) is 0. The van der Waals surface area contributed by atoms with Gasteiger partial charge >= 0.3 is 0 Å². The second-order valence-corrected chi connectivity index (χ2v) is 6.56. The topological polar surface area (TPSA) is 0 Å². The molecule has 0 aromatic rings. The first-order valence-corrected chi connectivity index (χ1v) is 7.96. The molecule has 1 fully saturated rings. The maximum atomic E-state index is 2.62. The van der Waals surface area contributed by atoms with Gasteiger partial charge in [0.2, 0.25) is 0 Å². The van der Waals surface area contributed by atoms with Crippen molar-refractivity contribution in [3.8, 4) is 0 Å². The average molecular weight is 234 g/mol. The summed E-state index contributed by atoms with van der Waals surface area (Å²) in [6.45, 7) is 4.77. The van der Waals surface area contributed by atoms with Crippen LogP contribution in [0.5, 0.6) is 0 Å². The van der Waals surface area contributed by atoms with Gasteiger partial charge in [0.15, 0.2) is 0 Å². The van der Waals surface area contributed by atoms with Gasteiger partial charge in [0.1, 0.15) is 0 Å². The van der Waals surface area contributed by atoms with E-state index in [1.807, 2.05) is 5.57 Å². The molecule has 0 N–H and O–H groups in total. The van der Waals surface area contributed by atoms with Gasteiger partial charge in [0.05, 0.1) is 0 Å². The smallest absolute Gasteiger partial charge is 0.00880 e. The van der Waals surface area contributed by atoms with Gasteiger partial charge in [-0.25, -0.2) is 0 Å². The number of rotatable bonds is 5. The Bertz CT molecular complexity index is 255. The maximum Gasteiger partial charge on any atom is -0.00880 e. The Hall–Kier alpha value is -0.260. The highest BCUT2D eigenvalue weighted by molar-refractivity contribution is 5.19. The van der Waals surface area contributed by atoms with E-state index in [0.717, 1.165) is 5.92 Å². The molecule has 0 amide bonds. The van der Waals surface area contributed by atoms with Crippen molar-refractivity contribution in [1.82, 2.24) is 0 Å². The van der Waals surface area contributed by atoms with E-state index in [2.05, 4.69) is 19.9 Å². The van der Waals surface area contributed by atoms with Gasteiger partial charge in [-0.15, -0.1) is 0 Å². The van der Waals surface area contributed by atoms with Crippen molar-refractivity contribution in [3.05, 3.63) is 11.6 Å². The van der Waals surface area contributed by atoms with Crippen LogP contribution in [-0.2, 0) is 0 Å². The fraction of sp³-hybridized carbons (Fsp3) is 0.882. The van der Waals surface area contributed by atoms with Gasteiger partial charge < -0.3 is 0 Å². The third kappa shape index (κ3) is 3.14. The van der Waals surface area contributed by atoms with Crippen LogP contribution in [-0.4, -0.2) is 0 Å². The summed E-state index contributed by atoms with van der Waals surface area (Å²) >= 11 is 0. The van der Waals surface area contributed by atoms with Crippen LogP contribution in [0.25, 0.3) is 0 Å². The fourth-order valence-electron chi connectivity index (χ4n) is 4.03. The van der Waals surface area contributed by atoms with Crippen molar-refractivity contribution >= 4 is 0 Å². The molecule has 0 aromatic heterocycles. The minimum atomic E-state index is 0.657. The number of hydrogen-bond donors (Lipinski definition) is 0. The third-order valence-electron chi connectivity index (χ3n) is 5.12. The minimum absolute atomic E-state index is 0.657. The molecular formula is C17H30. The van der Waals surface area contributed by atoms with Crippen LogP contribution < -0.4 is 0 Å². The molecule has 0 aromatic carbocycles. The van der Waals surface area contributed by atoms with Gasteiger partial charge in [-0.1, -0.05) is 57.6 Å². The van der Waals surface area contributed by atoms with Crippen LogP contribution in [0.1, 0.15) is 84.5 Å². The standard InChI is InChI=1S/C17H30/c1-3-4-5-11-17(12-6-7-13-17)16-10-8-9-15(2)14-16/h10,15H,3-9,11-14H2,1-2H3. The van der Waals surface area contributed by atoms with Crippen LogP contribution in [0.2, 0.25) is 0 Å². The lowest BCUT2D eigenvalue weighted by Gasteiger charge is -2.36. The molecule has 0 saturated heterocycles. The third-order valence-corrected chi connectivity index (χ3v) is 5.12. The summed E-state index contributed by atoms with van der Waals surface area (Å²) < 4.78 is 0. The molecule has 0 heteroatoms. The van der Waals surface area contributed by atoms with E-state index in [1.54, 1.807) is 0 Å². The second-order valence-electron chi connectivity index (χ2n) is 6.56. The van der Waals surface area contributed by atoms with Gasteiger partial charge in [-0.3, -0.25) is 0 Å². The lowest BCUT2D eigenvalue weighted by molar-refractivity contribution is 0.291. The van der Waals surface area contributed by atoms with Crippen molar-refractivity contribution in [2.75, 3.05) is 0 Å². The van der Waals surface area contributed by atoms with E-state index in [-0.39, 0.29) is 0 Å². The van der Waals surface area contributed by atoms with Crippen LogP contribution in [0.4, 0.5) is 0 Å². The summed E-state index contributed by atoms with van der Waals surface area (Å²) in [5, 5.41) is 0. The van der Waals surface area contributed by atoms with Crippen molar-refractivity contribution in [2.24, 2.45) is 11.3 Å². The first-order chi connectivity index (χ1) is 8.27. The lowest BCUT2D eigenvalue weighted by atomic mass is 9.69. The second kappa shape index (κ2) is 6.07. The summed E-state index contributed by atoms with van der Waals surface area (Å²) in [5.41, 5.74) is 2.52. The maximum absolute atomic E-state index is 2.62. The highest BCUT2D eigenvalue weighted by Crippen LogP contribution is 2.51. The van der Waals surface area contributed by atoms with Crippen molar-refractivity contribution < 1.29 is 0 Å². The minimum Gasteiger partial charge on any atom is -0.0847 e. The molecule has 0 spiro atoms. The normalized spacial score (nSPS) is 28.1. The molecule has 0 aliphatic heterocycles. The Morgan fingerprint density at radius 2 is 2.00 bits per heavy atom. The highest BCUT2D eigenvalue weighted by atomic mass is 14.4. The molecule has 2 aliphatic carbocycles. The predicted molar refractivity (Wildman–Crippen MR) is 76.1 cm³/mol. The fourth-order valence-corrected chi connectivity index (χ4v) is 4.03. The van der Waals surface area contributed by atoms with Crippen LogP contribution in [0, 0.1) is 11.3 Å². The van der Waals surface area contributed by atoms with Gasteiger partial charge in [0.25, 0.3) is 0 Å². The monoisotopic (exact) mass is 234 g/mol. The number of unbranched alkanes of at least 4 members (excludes halogenated alkanes) is 2. The largest absolute Gasteiger partial charge is 0.0847 e. The Morgan fingerprint density at radius 3 is 2.65 bits per heavy atom. The molecule has 0 bridgehead atoms. The van der Waals surface area contributed by atoms with Crippen LogP contribution in [0.3, 0.4) is 0 Å². The average Bonchev–Trinajstić information content (AvgIpc) is 2.79. The summed E-state index contributed by atoms with van der Waals surface area (Å²) in [6.07, 6.45) is 18.5. The lowest BCUT2D eigenvalue weighted by Crippen LogP contribution is -2.23. The molecule has 1 saturated carbocycles. The molecule has 0 radical (unpaired) electrons. The predicted octanol–water partition coefficient (Wildman–Crippen LogP) is 5.87. The van der Waals surface area contributed by atoms with E-state index < -0.39 is 0 Å². The van der Waals surface area contributed by atoms with Crippen LogP contribution in [0.15, 0.2) is 11.6 Å². The van der Waals surface area contributed by atoms with E-state index in [0.29, 0.717) is 5.41 Å². The summed E-state index contributed by atoms with van der Waals surface area (Å²) in [7, 11) is 0. The number of allylic oxidation sites excluding steroid dienone is 2. The Morgan fingerprint density at radius 1 is 1.24 bits per heavy atom. The molecule has 0 heterocycles. The molecule has 1 unspecified atom stereocenters. The van der Waals surface area contributed by atoms with Crippen LogP contribution >= 0.6 is 0 Å². The molecule has 17 heavy (non-hydrogen) atoms. The first kappa shape index (κ1) is 13.2. The zero-order valence-electron chi connectivity index (χ0n) is 11.9. The Kier molecular flexibility index (Phi) is 4.70. The SMILES string of the molecule is CCCCCC1(C2=CCCC(C)C2)CCCC1. The highest BCUT2D eigenvalue weighted by Gasteiger charge is 2.37. The number of hydrogen-bond acceptors (Lipinski definition) is 0. The van der Waals surface area contributed by atoms with E-state index in [9.17, 15) is 0 Å². The molecule has 2 rings (SSSR count).